The minimum atomic E-state index is -0.630. The number of esters is 1. The molecule has 0 saturated carbocycles. The highest BCUT2D eigenvalue weighted by Gasteiger charge is 2.31. The Labute approximate surface area is 250 Å². The lowest BCUT2D eigenvalue weighted by Gasteiger charge is -2.26. The smallest absolute Gasteiger partial charge is 0.379 e. The van der Waals surface area contributed by atoms with E-state index in [1.807, 2.05) is 62.4 Å². The number of carbonyl (C=O) groups excluding carboxylic acids is 1. The van der Waals surface area contributed by atoms with Crippen molar-refractivity contribution in [2.45, 2.75) is 26.4 Å². The van der Waals surface area contributed by atoms with Crippen LogP contribution in [0.4, 0.5) is 0 Å². The van der Waals surface area contributed by atoms with E-state index in [4.69, 9.17) is 24.4 Å². The van der Waals surface area contributed by atoms with Crippen LogP contribution >= 0.6 is 15.9 Å². The highest BCUT2D eigenvalue weighted by Crippen LogP contribution is 2.44. The van der Waals surface area contributed by atoms with E-state index in [0.717, 1.165) is 26.5 Å². The van der Waals surface area contributed by atoms with Crippen molar-refractivity contribution in [3.05, 3.63) is 134 Å². The molecule has 1 atom stereocenters. The van der Waals surface area contributed by atoms with Gasteiger partial charge in [-0.1, -0.05) is 64.0 Å². The molecule has 2 N–H and O–H groups in total. The van der Waals surface area contributed by atoms with Crippen LogP contribution in [0.3, 0.4) is 0 Å². The van der Waals surface area contributed by atoms with E-state index in [-0.39, 0.29) is 17.4 Å². The van der Waals surface area contributed by atoms with Crippen molar-refractivity contribution >= 4 is 32.9 Å². The molecule has 8 heteroatoms. The van der Waals surface area contributed by atoms with Gasteiger partial charge in [0.1, 0.15) is 41.1 Å². The van der Waals surface area contributed by atoms with E-state index >= 15 is 0 Å². The maximum Gasteiger partial charge on any atom is 0.379 e. The van der Waals surface area contributed by atoms with E-state index in [0.29, 0.717) is 34.8 Å². The maximum atomic E-state index is 13.0. The van der Waals surface area contributed by atoms with Crippen molar-refractivity contribution in [2.24, 2.45) is 5.73 Å². The first-order chi connectivity index (χ1) is 20.3. The number of aryl methyl sites for hydroxylation is 2. The third-order valence-corrected chi connectivity index (χ3v) is 7.72. The van der Waals surface area contributed by atoms with Gasteiger partial charge in [-0.15, -0.1) is 0 Å². The number of hydrogen-bond donors (Lipinski definition) is 1. The molecular formula is C34H25BrN2O5. The zero-order valence-corrected chi connectivity index (χ0v) is 24.4. The van der Waals surface area contributed by atoms with E-state index in [1.54, 1.807) is 24.3 Å². The lowest BCUT2D eigenvalue weighted by molar-refractivity contribution is 0.0702. The van der Waals surface area contributed by atoms with Crippen molar-refractivity contribution < 1.29 is 23.4 Å². The lowest BCUT2D eigenvalue weighted by Crippen LogP contribution is -2.21. The summed E-state index contributed by atoms with van der Waals surface area (Å²) in [7, 11) is 0. The number of carbonyl (C=O) groups is 1. The largest absolute Gasteiger partial charge is 0.489 e. The van der Waals surface area contributed by atoms with Crippen LogP contribution in [0, 0.1) is 25.2 Å². The molecule has 1 unspecified atom stereocenters. The number of benzene rings is 4. The highest BCUT2D eigenvalue weighted by atomic mass is 79.9. The van der Waals surface area contributed by atoms with E-state index in [2.05, 4.69) is 34.1 Å². The third kappa shape index (κ3) is 5.22. The molecule has 0 saturated heterocycles. The van der Waals surface area contributed by atoms with E-state index in [9.17, 15) is 10.1 Å². The number of rotatable bonds is 6. The molecule has 1 aromatic heterocycles. The van der Waals surface area contributed by atoms with Crippen LogP contribution in [0.25, 0.3) is 11.0 Å². The summed E-state index contributed by atoms with van der Waals surface area (Å²) in [6.45, 7) is 4.30. The average Bonchev–Trinajstić information content (AvgIpc) is 3.32. The molecule has 0 fully saturated rings. The van der Waals surface area contributed by atoms with Gasteiger partial charge in [0.25, 0.3) is 0 Å². The van der Waals surface area contributed by atoms with Crippen molar-refractivity contribution in [2.75, 3.05) is 0 Å². The molecule has 5 aromatic rings. The molecule has 0 bridgehead atoms. The minimum Gasteiger partial charge on any atom is -0.489 e. The number of fused-ring (bicyclic) bond motifs is 2. The Morgan fingerprint density at radius 2 is 1.71 bits per heavy atom. The van der Waals surface area contributed by atoms with Gasteiger partial charge < -0.3 is 24.4 Å². The molecule has 42 heavy (non-hydrogen) atoms. The number of hydrogen-bond acceptors (Lipinski definition) is 7. The summed E-state index contributed by atoms with van der Waals surface area (Å²) < 4.78 is 24.1. The Morgan fingerprint density at radius 3 is 2.45 bits per heavy atom. The minimum absolute atomic E-state index is 0.00289. The van der Waals surface area contributed by atoms with Gasteiger partial charge in [0.15, 0.2) is 0 Å². The first-order valence-electron chi connectivity index (χ1n) is 13.2. The van der Waals surface area contributed by atoms with Crippen molar-refractivity contribution in [1.82, 2.24) is 0 Å². The molecular weight excluding hydrogens is 596 g/mol. The number of halogens is 1. The number of nitriles is 1. The predicted molar refractivity (Wildman–Crippen MR) is 161 cm³/mol. The number of ether oxygens (including phenoxy) is 3. The van der Waals surface area contributed by atoms with E-state index in [1.165, 1.54) is 5.56 Å². The van der Waals surface area contributed by atoms with Crippen molar-refractivity contribution in [3.8, 4) is 23.3 Å². The van der Waals surface area contributed by atoms with Crippen molar-refractivity contribution in [3.63, 3.8) is 0 Å². The fourth-order valence-electron chi connectivity index (χ4n) is 4.99. The van der Waals surface area contributed by atoms with Crippen LogP contribution in [-0.2, 0) is 6.61 Å². The van der Waals surface area contributed by atoms with Gasteiger partial charge in [0.05, 0.1) is 5.92 Å². The second-order valence-corrected chi connectivity index (χ2v) is 11.0. The van der Waals surface area contributed by atoms with Gasteiger partial charge in [-0.2, -0.15) is 5.26 Å². The van der Waals surface area contributed by atoms with Crippen LogP contribution in [0.1, 0.15) is 44.3 Å². The molecule has 4 aromatic carbocycles. The van der Waals surface area contributed by atoms with Gasteiger partial charge in [-0.05, 0) is 61.4 Å². The molecule has 208 valence electrons. The number of allylic oxidation sites excluding steroid dienone is 1. The fraction of sp³-hybridized carbons (Fsp3) is 0.118. The summed E-state index contributed by atoms with van der Waals surface area (Å²) in [6.07, 6.45) is 0. The average molecular weight is 621 g/mol. The van der Waals surface area contributed by atoms with E-state index < -0.39 is 11.9 Å². The van der Waals surface area contributed by atoms with Crippen molar-refractivity contribution in [1.29, 1.82) is 5.26 Å². The zero-order chi connectivity index (χ0) is 29.4. The van der Waals surface area contributed by atoms with Gasteiger partial charge in [-0.25, -0.2) is 4.79 Å². The number of nitrogens with two attached hydrogens (primary N) is 1. The van der Waals surface area contributed by atoms with Crippen LogP contribution in [-0.4, -0.2) is 5.97 Å². The summed E-state index contributed by atoms with van der Waals surface area (Å²) >= 11 is 3.45. The Bertz CT molecular complexity index is 1900. The highest BCUT2D eigenvalue weighted by molar-refractivity contribution is 9.10. The second-order valence-electron chi connectivity index (χ2n) is 10.1. The Balaban J connectivity index is 1.24. The normalized spacial score (nSPS) is 14.2. The SMILES string of the molecule is Cc1ccc(COc2ccc(C3C(C#N)=C(N)Oc4cc(OC(=O)c5oc6ccc(Br)cc6c5C)ccc43)cc2)cc1. The standard InChI is InChI=1S/C34H25BrN2O5/c1-19-3-5-21(6-4-19)18-39-24-10-7-22(8-11-24)31-26-13-12-25(16-30(26)42-33(37)28(31)17-36)40-34(38)32-20(2)27-15-23(35)9-14-29(27)41-32/h3-16,31H,18,37H2,1-2H3. The summed E-state index contributed by atoms with van der Waals surface area (Å²) in [5, 5.41) is 10.8. The lowest BCUT2D eigenvalue weighted by atomic mass is 9.83. The zero-order valence-electron chi connectivity index (χ0n) is 22.8. The van der Waals surface area contributed by atoms with Gasteiger partial charge >= 0.3 is 5.97 Å². The quantitative estimate of drug-likeness (QED) is 0.152. The predicted octanol–water partition coefficient (Wildman–Crippen LogP) is 7.83. The molecule has 6 rings (SSSR count). The Hall–Kier alpha value is -5.00. The Kier molecular flexibility index (Phi) is 7.19. The molecule has 7 nitrogen and oxygen atoms in total. The monoisotopic (exact) mass is 620 g/mol. The first kappa shape index (κ1) is 27.2. The van der Waals surface area contributed by atoms with Crippen LogP contribution in [0.5, 0.6) is 17.2 Å². The number of furan rings is 1. The van der Waals surface area contributed by atoms with Crippen LogP contribution < -0.4 is 19.9 Å². The first-order valence-corrected chi connectivity index (χ1v) is 14.0. The number of nitrogens with zero attached hydrogens (tertiary/aromatic N) is 1. The van der Waals surface area contributed by atoms with Crippen LogP contribution in [0.15, 0.2) is 105 Å². The fourth-order valence-corrected chi connectivity index (χ4v) is 5.35. The van der Waals surface area contributed by atoms with Gasteiger partial charge in [0, 0.05) is 27.1 Å². The summed E-state index contributed by atoms with van der Waals surface area (Å²) in [5.74, 6) is 0.378. The van der Waals surface area contributed by atoms with Crippen LogP contribution in [0.2, 0.25) is 0 Å². The second kappa shape index (κ2) is 11.1. The topological polar surface area (TPSA) is 108 Å². The maximum absolute atomic E-state index is 13.0. The summed E-state index contributed by atoms with van der Waals surface area (Å²) in [6, 6.07) is 28.5. The summed E-state index contributed by atoms with van der Waals surface area (Å²) in [5.41, 5.74) is 11.6. The third-order valence-electron chi connectivity index (χ3n) is 7.22. The molecule has 0 radical (unpaired) electrons. The molecule has 1 aliphatic rings. The Morgan fingerprint density at radius 1 is 0.976 bits per heavy atom. The molecule has 2 heterocycles. The summed E-state index contributed by atoms with van der Waals surface area (Å²) in [4.78, 5) is 13.0. The molecule has 0 amide bonds. The molecule has 0 aliphatic carbocycles. The molecule has 0 spiro atoms. The van der Waals surface area contributed by atoms with Gasteiger partial charge in [0.2, 0.25) is 11.6 Å². The molecule has 1 aliphatic heterocycles. The van der Waals surface area contributed by atoms with Gasteiger partial charge in [-0.3, -0.25) is 0 Å².